The van der Waals surface area contributed by atoms with Gasteiger partial charge in [-0.2, -0.15) is 12.7 Å². The lowest BCUT2D eigenvalue weighted by Crippen LogP contribution is -2.34. The summed E-state index contributed by atoms with van der Waals surface area (Å²) in [7, 11) is -4.36. The van der Waals surface area contributed by atoms with Crippen LogP contribution in [-0.4, -0.2) is 83.8 Å². The number of H-pyrrole nitrogens is 1. The molecule has 6 rings (SSSR count). The van der Waals surface area contributed by atoms with Gasteiger partial charge in [0.1, 0.15) is 35.9 Å². The van der Waals surface area contributed by atoms with Crippen molar-refractivity contribution in [2.45, 2.75) is 31.9 Å². The number of pyridine rings is 1. The first-order valence-corrected chi connectivity index (χ1v) is 17.2. The van der Waals surface area contributed by atoms with Crippen LogP contribution in [0.5, 0.6) is 5.75 Å². The Morgan fingerprint density at radius 1 is 1.12 bits per heavy atom. The monoisotopic (exact) mass is 727 g/mol. The number of aromatic nitrogens is 3. The molecule has 0 radical (unpaired) electrons. The van der Waals surface area contributed by atoms with Crippen LogP contribution in [0.15, 0.2) is 65.4 Å². The molecular formula is C34H32F3N5O8S. The lowest BCUT2D eigenvalue weighted by atomic mass is 10.00. The summed E-state index contributed by atoms with van der Waals surface area (Å²) in [6.07, 6.45) is 1.65. The number of carboxylic acid groups (broad SMARTS) is 1. The zero-order chi connectivity index (χ0) is 36.3. The van der Waals surface area contributed by atoms with Crippen LogP contribution in [-0.2, 0) is 19.7 Å². The Balaban J connectivity index is 1.10. The number of hydrogen-bond acceptors (Lipinski definition) is 9. The zero-order valence-corrected chi connectivity index (χ0v) is 27.9. The molecule has 0 saturated carbocycles. The lowest BCUT2D eigenvalue weighted by Gasteiger charge is -2.18. The van der Waals surface area contributed by atoms with Crippen LogP contribution < -0.4 is 9.46 Å². The third-order valence-electron chi connectivity index (χ3n) is 8.29. The number of halogens is 3. The first-order valence-electron chi connectivity index (χ1n) is 15.8. The summed E-state index contributed by atoms with van der Waals surface area (Å²) in [6, 6.07) is 11.8. The number of nitrogens with one attached hydrogen (secondary N) is 2. The van der Waals surface area contributed by atoms with E-state index in [9.17, 15) is 31.9 Å². The van der Waals surface area contributed by atoms with Gasteiger partial charge in [0.15, 0.2) is 11.6 Å². The van der Waals surface area contributed by atoms with Crippen molar-refractivity contribution in [2.24, 2.45) is 0 Å². The number of carbonyl (C=O) groups excluding carboxylic acids is 1. The van der Waals surface area contributed by atoms with Gasteiger partial charge < -0.3 is 24.1 Å². The minimum atomic E-state index is -4.36. The van der Waals surface area contributed by atoms with Crippen LogP contribution in [0.25, 0.3) is 22.2 Å². The molecule has 3 aromatic heterocycles. The maximum absolute atomic E-state index is 15.6. The molecule has 1 aliphatic rings. The SMILES string of the molecule is Cc1cc(C(CCOCCOc2ccc(-c3cnc4[nH]cc(C(=O)c5c(F)ccc(NS(=O)(=O)N6CC[C@@H](F)C6)c5F)c4c3)cc2)C(=O)O)on1. The molecule has 0 bridgehead atoms. The van der Waals surface area contributed by atoms with Gasteiger partial charge in [0.05, 0.1) is 23.6 Å². The molecule has 1 aliphatic heterocycles. The Morgan fingerprint density at radius 3 is 2.59 bits per heavy atom. The number of ketones is 1. The Hall–Kier alpha value is -5.26. The molecule has 268 valence electrons. The van der Waals surface area contributed by atoms with Crippen molar-refractivity contribution in [1.29, 1.82) is 0 Å². The van der Waals surface area contributed by atoms with Crippen LogP contribution in [0.3, 0.4) is 0 Å². The average molecular weight is 728 g/mol. The summed E-state index contributed by atoms with van der Waals surface area (Å²) in [5.74, 6) is -4.76. The van der Waals surface area contributed by atoms with E-state index in [1.165, 1.54) is 6.20 Å². The Morgan fingerprint density at radius 2 is 1.90 bits per heavy atom. The van der Waals surface area contributed by atoms with Crippen molar-refractivity contribution in [3.8, 4) is 16.9 Å². The number of benzene rings is 2. The number of aliphatic carboxylic acids is 1. The van der Waals surface area contributed by atoms with Gasteiger partial charge >= 0.3 is 16.2 Å². The molecule has 2 atom stereocenters. The first-order chi connectivity index (χ1) is 24.4. The fourth-order valence-electron chi connectivity index (χ4n) is 5.63. The zero-order valence-electron chi connectivity index (χ0n) is 27.1. The molecule has 1 saturated heterocycles. The van der Waals surface area contributed by atoms with Crippen LogP contribution in [0.2, 0.25) is 0 Å². The number of hydrogen-bond donors (Lipinski definition) is 3. The van der Waals surface area contributed by atoms with Gasteiger partial charge in [-0.1, -0.05) is 17.3 Å². The summed E-state index contributed by atoms with van der Waals surface area (Å²) >= 11 is 0. The fourth-order valence-corrected chi connectivity index (χ4v) is 6.90. The van der Waals surface area contributed by atoms with Crippen molar-refractivity contribution in [2.75, 3.05) is 37.6 Å². The fraction of sp³-hybridized carbons (Fsp3) is 0.294. The Labute approximate surface area is 289 Å². The molecule has 0 amide bonds. The third kappa shape index (κ3) is 7.90. The number of carbonyl (C=O) groups is 2. The number of rotatable bonds is 15. The number of aromatic amines is 1. The normalized spacial score (nSPS) is 15.6. The second-order valence-electron chi connectivity index (χ2n) is 11.8. The molecule has 0 aliphatic carbocycles. The number of carboxylic acids is 1. The van der Waals surface area contributed by atoms with E-state index >= 15 is 4.39 Å². The molecule has 0 spiro atoms. The van der Waals surface area contributed by atoms with Gasteiger partial charge in [-0.3, -0.25) is 14.3 Å². The topological polar surface area (TPSA) is 177 Å². The average Bonchev–Trinajstić information content (AvgIpc) is 3.85. The highest BCUT2D eigenvalue weighted by Crippen LogP contribution is 2.31. The molecule has 51 heavy (non-hydrogen) atoms. The summed E-state index contributed by atoms with van der Waals surface area (Å²) in [5.41, 5.74) is 0.430. The summed E-state index contributed by atoms with van der Waals surface area (Å²) in [6.45, 7) is 1.78. The minimum Gasteiger partial charge on any atom is -0.491 e. The van der Waals surface area contributed by atoms with Crippen LogP contribution in [0.4, 0.5) is 18.9 Å². The molecule has 3 N–H and O–H groups in total. The van der Waals surface area contributed by atoms with Crippen molar-refractivity contribution in [3.05, 3.63) is 95.1 Å². The van der Waals surface area contributed by atoms with Crippen molar-refractivity contribution < 1.29 is 50.3 Å². The maximum Gasteiger partial charge on any atom is 0.314 e. The van der Waals surface area contributed by atoms with E-state index in [-0.39, 0.29) is 61.6 Å². The van der Waals surface area contributed by atoms with E-state index < -0.39 is 63.5 Å². The Kier molecular flexibility index (Phi) is 10.4. The van der Waals surface area contributed by atoms with E-state index in [0.717, 1.165) is 16.4 Å². The molecule has 5 aromatic rings. The molecule has 1 fully saturated rings. The summed E-state index contributed by atoms with van der Waals surface area (Å²) < 4.78 is 88.6. The highest BCUT2D eigenvalue weighted by molar-refractivity contribution is 7.90. The number of anilines is 1. The van der Waals surface area contributed by atoms with Crippen molar-refractivity contribution in [3.63, 3.8) is 0 Å². The molecule has 1 unspecified atom stereocenters. The largest absolute Gasteiger partial charge is 0.491 e. The van der Waals surface area contributed by atoms with E-state index in [2.05, 4.69) is 15.1 Å². The summed E-state index contributed by atoms with van der Waals surface area (Å²) in [4.78, 5) is 32.3. The number of fused-ring (bicyclic) bond motifs is 1. The van der Waals surface area contributed by atoms with Crippen molar-refractivity contribution >= 4 is 38.7 Å². The van der Waals surface area contributed by atoms with Crippen LogP contribution in [0.1, 0.15) is 46.1 Å². The second-order valence-corrected chi connectivity index (χ2v) is 13.5. The van der Waals surface area contributed by atoms with Gasteiger partial charge in [-0.15, -0.1) is 0 Å². The minimum absolute atomic E-state index is 0.00729. The highest BCUT2D eigenvalue weighted by atomic mass is 32.2. The van der Waals surface area contributed by atoms with Crippen molar-refractivity contribution in [1.82, 2.24) is 19.4 Å². The van der Waals surface area contributed by atoms with Crippen LogP contribution in [0, 0.1) is 18.6 Å². The van der Waals surface area contributed by atoms with Gasteiger partial charge in [0.2, 0.25) is 5.78 Å². The maximum atomic E-state index is 15.6. The summed E-state index contributed by atoms with van der Waals surface area (Å²) in [5, 5.41) is 13.5. The van der Waals surface area contributed by atoms with E-state index in [0.29, 0.717) is 22.6 Å². The molecular weight excluding hydrogens is 695 g/mol. The highest BCUT2D eigenvalue weighted by Gasteiger charge is 2.33. The van der Waals surface area contributed by atoms with Crippen LogP contribution >= 0.6 is 0 Å². The molecule has 13 nitrogen and oxygen atoms in total. The van der Waals surface area contributed by atoms with E-state index in [1.807, 2.05) is 4.72 Å². The quantitative estimate of drug-likeness (QED) is 0.0936. The van der Waals surface area contributed by atoms with E-state index in [1.54, 1.807) is 49.5 Å². The smallest absolute Gasteiger partial charge is 0.314 e. The van der Waals surface area contributed by atoms with Gasteiger partial charge in [-0.25, -0.2) is 18.2 Å². The second kappa shape index (κ2) is 14.9. The number of alkyl halides is 1. The number of aryl methyl sites for hydroxylation is 1. The number of ether oxygens (including phenoxy) is 2. The lowest BCUT2D eigenvalue weighted by molar-refractivity contribution is -0.139. The predicted octanol–water partition coefficient (Wildman–Crippen LogP) is 5.39. The molecule has 17 heteroatoms. The Bertz CT molecular complexity index is 2170. The van der Waals surface area contributed by atoms with Gasteiger partial charge in [0, 0.05) is 54.7 Å². The van der Waals surface area contributed by atoms with Gasteiger partial charge in [-0.05, 0) is 55.7 Å². The standard InChI is InChI=1S/C34H32F3N5O8S/c1-19-14-29(50-40-19)24(34(44)45)9-11-48-12-13-49-23-4-2-20(3-5-23)21-15-25-26(17-39-33(25)38-16-21)32(43)30-27(36)6-7-28(31(30)37)41-51(46,47)42-10-8-22(35)18-42/h2-7,14-17,22,24,41H,8-13,18H2,1H3,(H,38,39)(H,44,45)/t22-,24?/m1/s1. The predicted molar refractivity (Wildman–Crippen MR) is 177 cm³/mol. The van der Waals surface area contributed by atoms with Gasteiger partial charge in [0.25, 0.3) is 0 Å². The molecule has 2 aromatic carbocycles. The first kappa shape index (κ1) is 35.6. The number of nitrogens with zero attached hydrogens (tertiary/aromatic N) is 3. The van der Waals surface area contributed by atoms with E-state index in [4.69, 9.17) is 14.0 Å². The third-order valence-corrected chi connectivity index (χ3v) is 9.78. The molecule has 4 heterocycles.